The number of benzene rings is 2. The zero-order valence-corrected chi connectivity index (χ0v) is 13.4. The summed E-state index contributed by atoms with van der Waals surface area (Å²) in [5.41, 5.74) is 3.63. The third kappa shape index (κ3) is 3.79. The minimum atomic E-state index is 0.286. The van der Waals surface area contributed by atoms with Crippen molar-refractivity contribution in [1.29, 1.82) is 0 Å². The molecule has 0 aliphatic carbocycles. The third-order valence-electron chi connectivity index (χ3n) is 3.97. The Morgan fingerprint density at radius 3 is 2.43 bits per heavy atom. The lowest BCUT2D eigenvalue weighted by molar-refractivity contribution is 0.414. The Labute approximate surface area is 136 Å². The molecule has 3 rings (SSSR count). The number of methoxy groups -OCH3 is 1. The minimum Gasteiger partial charge on any atom is -0.497 e. The van der Waals surface area contributed by atoms with Gasteiger partial charge >= 0.3 is 0 Å². The van der Waals surface area contributed by atoms with Crippen LogP contribution < -0.4 is 10.1 Å². The predicted octanol–water partition coefficient (Wildman–Crippen LogP) is 3.73. The molecule has 1 N–H and O–H groups in total. The summed E-state index contributed by atoms with van der Waals surface area (Å²) in [5, 5.41) is 3.55. The molecule has 23 heavy (non-hydrogen) atoms. The molecular formula is C19H21N3O. The van der Waals surface area contributed by atoms with Crippen molar-refractivity contribution in [2.75, 3.05) is 7.11 Å². The van der Waals surface area contributed by atoms with Crippen molar-refractivity contribution in [2.45, 2.75) is 19.5 Å². The Morgan fingerprint density at radius 2 is 1.83 bits per heavy atom. The average Bonchev–Trinajstić information content (AvgIpc) is 3.15. The number of hydrogen-bond acceptors (Lipinski definition) is 3. The van der Waals surface area contributed by atoms with Crippen LogP contribution in [-0.4, -0.2) is 16.7 Å². The lowest BCUT2D eigenvalue weighted by Crippen LogP contribution is -2.18. The lowest BCUT2D eigenvalue weighted by Gasteiger charge is -2.15. The number of nitrogens with one attached hydrogen (secondary N) is 1. The smallest absolute Gasteiger partial charge is 0.118 e. The molecule has 1 unspecified atom stereocenters. The normalized spacial score (nSPS) is 12.1. The van der Waals surface area contributed by atoms with E-state index in [-0.39, 0.29) is 6.04 Å². The van der Waals surface area contributed by atoms with Crippen LogP contribution in [0.15, 0.2) is 67.3 Å². The van der Waals surface area contributed by atoms with E-state index in [0.717, 1.165) is 18.0 Å². The number of nitrogens with zero attached hydrogens (tertiary/aromatic N) is 2. The molecule has 118 valence electrons. The summed E-state index contributed by atoms with van der Waals surface area (Å²) >= 11 is 0. The first kappa shape index (κ1) is 15.3. The van der Waals surface area contributed by atoms with Gasteiger partial charge in [-0.05, 0) is 42.3 Å². The van der Waals surface area contributed by atoms with Gasteiger partial charge in [-0.25, -0.2) is 4.98 Å². The van der Waals surface area contributed by atoms with Crippen molar-refractivity contribution in [2.24, 2.45) is 0 Å². The van der Waals surface area contributed by atoms with Crippen LogP contribution in [0.3, 0.4) is 0 Å². The van der Waals surface area contributed by atoms with Crippen LogP contribution in [-0.2, 0) is 6.54 Å². The molecule has 0 saturated heterocycles. The van der Waals surface area contributed by atoms with Gasteiger partial charge in [-0.15, -0.1) is 0 Å². The molecule has 0 aliphatic rings. The Kier molecular flexibility index (Phi) is 4.74. The van der Waals surface area contributed by atoms with Gasteiger partial charge in [-0.3, -0.25) is 0 Å². The summed E-state index contributed by atoms with van der Waals surface area (Å²) in [6, 6.07) is 17.0. The number of imidazole rings is 1. The predicted molar refractivity (Wildman–Crippen MR) is 91.8 cm³/mol. The summed E-state index contributed by atoms with van der Waals surface area (Å²) in [6.07, 6.45) is 5.54. The van der Waals surface area contributed by atoms with E-state index < -0.39 is 0 Å². The van der Waals surface area contributed by atoms with Crippen LogP contribution in [0.2, 0.25) is 0 Å². The van der Waals surface area contributed by atoms with Crippen molar-refractivity contribution in [1.82, 2.24) is 14.9 Å². The SMILES string of the molecule is COc1ccc(CNC(C)c2ccc(-n3ccnc3)cc2)cc1. The van der Waals surface area contributed by atoms with Gasteiger partial charge in [0.25, 0.3) is 0 Å². The van der Waals surface area contributed by atoms with Gasteiger partial charge in [0.05, 0.1) is 13.4 Å². The van der Waals surface area contributed by atoms with E-state index in [9.17, 15) is 0 Å². The Bertz CT molecular complexity index is 718. The Balaban J connectivity index is 1.60. The molecule has 0 saturated carbocycles. The van der Waals surface area contributed by atoms with E-state index in [2.05, 4.69) is 53.6 Å². The second kappa shape index (κ2) is 7.11. The summed E-state index contributed by atoms with van der Waals surface area (Å²) < 4.78 is 7.18. The first-order chi connectivity index (χ1) is 11.3. The maximum atomic E-state index is 5.18. The fourth-order valence-electron chi connectivity index (χ4n) is 2.48. The van der Waals surface area contributed by atoms with Gasteiger partial charge in [0, 0.05) is 30.7 Å². The van der Waals surface area contributed by atoms with Crippen molar-refractivity contribution in [3.8, 4) is 11.4 Å². The molecule has 0 amide bonds. The van der Waals surface area contributed by atoms with Crippen molar-refractivity contribution in [3.63, 3.8) is 0 Å². The molecule has 0 radical (unpaired) electrons. The van der Waals surface area contributed by atoms with Gasteiger partial charge in [0.2, 0.25) is 0 Å². The molecule has 0 spiro atoms. The lowest BCUT2D eigenvalue weighted by atomic mass is 10.1. The first-order valence-electron chi connectivity index (χ1n) is 7.71. The van der Waals surface area contributed by atoms with Crippen molar-refractivity contribution in [3.05, 3.63) is 78.4 Å². The summed E-state index contributed by atoms with van der Waals surface area (Å²) in [6.45, 7) is 3.00. The zero-order chi connectivity index (χ0) is 16.1. The fraction of sp³-hybridized carbons (Fsp3) is 0.211. The van der Waals surface area contributed by atoms with Crippen LogP contribution in [0.5, 0.6) is 5.75 Å². The zero-order valence-electron chi connectivity index (χ0n) is 13.4. The van der Waals surface area contributed by atoms with Crippen molar-refractivity contribution < 1.29 is 4.74 Å². The standard InChI is InChI=1S/C19H21N3O/c1-15(21-13-16-3-9-19(23-2)10-4-16)17-5-7-18(8-6-17)22-12-11-20-14-22/h3-12,14-15,21H,13H2,1-2H3. The Hall–Kier alpha value is -2.59. The quantitative estimate of drug-likeness (QED) is 0.754. The minimum absolute atomic E-state index is 0.286. The Morgan fingerprint density at radius 1 is 1.09 bits per heavy atom. The molecule has 0 aliphatic heterocycles. The molecule has 1 atom stereocenters. The molecule has 0 fully saturated rings. The number of ether oxygens (including phenoxy) is 1. The van der Waals surface area contributed by atoms with Crippen LogP contribution >= 0.6 is 0 Å². The first-order valence-corrected chi connectivity index (χ1v) is 7.71. The second-order valence-electron chi connectivity index (χ2n) is 5.51. The highest BCUT2D eigenvalue weighted by Gasteiger charge is 2.05. The van der Waals surface area contributed by atoms with E-state index in [4.69, 9.17) is 4.74 Å². The van der Waals surface area contributed by atoms with Gasteiger partial charge < -0.3 is 14.6 Å². The van der Waals surface area contributed by atoms with Gasteiger partial charge in [0.1, 0.15) is 5.75 Å². The number of aromatic nitrogens is 2. The maximum Gasteiger partial charge on any atom is 0.118 e. The molecule has 0 bridgehead atoms. The van der Waals surface area contributed by atoms with Crippen LogP contribution in [0.1, 0.15) is 24.1 Å². The van der Waals surface area contributed by atoms with Crippen LogP contribution in [0.4, 0.5) is 0 Å². The van der Waals surface area contributed by atoms with E-state index in [1.54, 1.807) is 19.6 Å². The van der Waals surface area contributed by atoms with Gasteiger partial charge in [0.15, 0.2) is 0 Å². The molecule has 4 heteroatoms. The largest absolute Gasteiger partial charge is 0.497 e. The van der Waals surface area contributed by atoms with E-state index in [0.29, 0.717) is 0 Å². The summed E-state index contributed by atoms with van der Waals surface area (Å²) in [4.78, 5) is 4.07. The molecular weight excluding hydrogens is 286 g/mol. The average molecular weight is 307 g/mol. The molecule has 3 aromatic rings. The highest BCUT2D eigenvalue weighted by Crippen LogP contribution is 2.17. The van der Waals surface area contributed by atoms with E-state index in [1.807, 2.05) is 22.9 Å². The maximum absolute atomic E-state index is 5.18. The number of rotatable bonds is 6. The summed E-state index contributed by atoms with van der Waals surface area (Å²) in [5.74, 6) is 0.886. The second-order valence-corrected chi connectivity index (χ2v) is 5.51. The number of hydrogen-bond donors (Lipinski definition) is 1. The topological polar surface area (TPSA) is 39.1 Å². The molecule has 1 aromatic heterocycles. The van der Waals surface area contributed by atoms with Gasteiger partial charge in [-0.1, -0.05) is 24.3 Å². The monoisotopic (exact) mass is 307 g/mol. The molecule has 1 heterocycles. The van der Waals surface area contributed by atoms with Gasteiger partial charge in [-0.2, -0.15) is 0 Å². The van der Waals surface area contributed by atoms with Crippen LogP contribution in [0.25, 0.3) is 5.69 Å². The molecule has 4 nitrogen and oxygen atoms in total. The van der Waals surface area contributed by atoms with E-state index in [1.165, 1.54) is 11.1 Å². The molecule has 2 aromatic carbocycles. The van der Waals surface area contributed by atoms with Crippen LogP contribution in [0, 0.1) is 0 Å². The highest BCUT2D eigenvalue weighted by atomic mass is 16.5. The third-order valence-corrected chi connectivity index (χ3v) is 3.97. The fourth-order valence-corrected chi connectivity index (χ4v) is 2.48. The van der Waals surface area contributed by atoms with Crippen molar-refractivity contribution >= 4 is 0 Å². The highest BCUT2D eigenvalue weighted by molar-refractivity contribution is 5.35. The van der Waals surface area contributed by atoms with E-state index >= 15 is 0 Å². The summed E-state index contributed by atoms with van der Waals surface area (Å²) in [7, 11) is 1.68.